The maximum atomic E-state index is 11.3. The zero-order valence-corrected chi connectivity index (χ0v) is 15.7. The summed E-state index contributed by atoms with van der Waals surface area (Å²) < 4.78 is 2.16. The molecule has 0 unspecified atom stereocenters. The van der Waals surface area contributed by atoms with Gasteiger partial charge < -0.3 is 9.47 Å². The second-order valence-electron chi connectivity index (χ2n) is 7.99. The van der Waals surface area contributed by atoms with E-state index in [0.717, 1.165) is 32.7 Å². The van der Waals surface area contributed by atoms with Crippen molar-refractivity contribution in [3.8, 4) is 0 Å². The standard InChI is InChI=1S/C20H22N6O2/c1-24-6-5-16-14(3-2-4-17(16)24)9-25-10-20(11-25)12-26(13-20)19-21-7-15(8-22-19)18(27)23-28/h2-8,28H,9-13H2,1H3,(H,23,27). The zero-order valence-electron chi connectivity index (χ0n) is 15.7. The van der Waals surface area contributed by atoms with Gasteiger partial charge in [-0.1, -0.05) is 12.1 Å². The maximum absolute atomic E-state index is 11.3. The molecule has 1 amide bonds. The van der Waals surface area contributed by atoms with Gasteiger partial charge in [0, 0.05) is 74.7 Å². The monoisotopic (exact) mass is 378 g/mol. The van der Waals surface area contributed by atoms with Crippen LogP contribution in [0.1, 0.15) is 15.9 Å². The first kappa shape index (κ1) is 17.2. The molecule has 1 spiro atoms. The number of nitrogens with one attached hydrogen (secondary N) is 1. The van der Waals surface area contributed by atoms with Crippen molar-refractivity contribution in [1.29, 1.82) is 0 Å². The van der Waals surface area contributed by atoms with Crippen LogP contribution in [0.5, 0.6) is 0 Å². The average molecular weight is 378 g/mol. The highest BCUT2D eigenvalue weighted by atomic mass is 16.5. The molecule has 0 bridgehead atoms. The minimum Gasteiger partial charge on any atom is -0.351 e. The smallest absolute Gasteiger partial charge is 0.277 e. The Morgan fingerprint density at radius 3 is 2.64 bits per heavy atom. The molecule has 0 aliphatic carbocycles. The number of anilines is 1. The molecule has 5 rings (SSSR count). The molecule has 0 saturated carbocycles. The molecule has 2 aliphatic heterocycles. The van der Waals surface area contributed by atoms with Crippen molar-refractivity contribution in [2.75, 3.05) is 31.1 Å². The van der Waals surface area contributed by atoms with Gasteiger partial charge in [0.05, 0.1) is 5.56 Å². The third kappa shape index (κ3) is 2.73. The van der Waals surface area contributed by atoms with E-state index in [1.807, 2.05) is 0 Å². The number of carbonyl (C=O) groups is 1. The van der Waals surface area contributed by atoms with E-state index in [2.05, 4.69) is 61.8 Å². The summed E-state index contributed by atoms with van der Waals surface area (Å²) in [4.78, 5) is 24.5. The Morgan fingerprint density at radius 1 is 1.18 bits per heavy atom. The van der Waals surface area contributed by atoms with E-state index < -0.39 is 5.91 Å². The number of rotatable bonds is 4. The van der Waals surface area contributed by atoms with E-state index in [1.165, 1.54) is 28.9 Å². The van der Waals surface area contributed by atoms with Gasteiger partial charge >= 0.3 is 0 Å². The van der Waals surface area contributed by atoms with Crippen LogP contribution in [-0.4, -0.2) is 56.7 Å². The largest absolute Gasteiger partial charge is 0.351 e. The van der Waals surface area contributed by atoms with Crippen molar-refractivity contribution in [1.82, 2.24) is 24.9 Å². The summed E-state index contributed by atoms with van der Waals surface area (Å²) in [5.41, 5.74) is 4.81. The van der Waals surface area contributed by atoms with Crippen molar-refractivity contribution in [3.63, 3.8) is 0 Å². The first-order valence-corrected chi connectivity index (χ1v) is 9.34. The van der Waals surface area contributed by atoms with Crippen LogP contribution in [0.15, 0.2) is 42.9 Å². The number of amides is 1. The summed E-state index contributed by atoms with van der Waals surface area (Å²) in [6, 6.07) is 8.72. The Hall–Kier alpha value is -2.97. The van der Waals surface area contributed by atoms with Crippen molar-refractivity contribution < 1.29 is 10.0 Å². The summed E-state index contributed by atoms with van der Waals surface area (Å²) in [6.45, 7) is 5.01. The summed E-state index contributed by atoms with van der Waals surface area (Å²) in [5, 5.41) is 9.99. The Bertz CT molecular complexity index is 1030. The molecule has 2 N–H and O–H groups in total. The lowest BCUT2D eigenvalue weighted by atomic mass is 9.73. The fourth-order valence-corrected chi connectivity index (χ4v) is 4.53. The van der Waals surface area contributed by atoms with E-state index in [-0.39, 0.29) is 5.56 Å². The number of fused-ring (bicyclic) bond motifs is 1. The summed E-state index contributed by atoms with van der Waals surface area (Å²) in [5.74, 6) is 0.0299. The van der Waals surface area contributed by atoms with Crippen LogP contribution in [0, 0.1) is 5.41 Å². The highest BCUT2D eigenvalue weighted by Crippen LogP contribution is 2.41. The summed E-state index contributed by atoms with van der Waals surface area (Å²) in [7, 11) is 2.08. The number of nitrogens with zero attached hydrogens (tertiary/aromatic N) is 5. The van der Waals surface area contributed by atoms with Gasteiger partial charge in [0.15, 0.2) is 0 Å². The highest BCUT2D eigenvalue weighted by molar-refractivity contribution is 5.92. The minimum atomic E-state index is -0.602. The van der Waals surface area contributed by atoms with Crippen LogP contribution >= 0.6 is 0 Å². The SMILES string of the molecule is Cn1ccc2c(CN3CC4(C3)CN(c3ncc(C(=O)NO)cn3)C4)cccc21. The van der Waals surface area contributed by atoms with Gasteiger partial charge in [0.2, 0.25) is 5.95 Å². The van der Waals surface area contributed by atoms with Crippen molar-refractivity contribution in [2.24, 2.45) is 12.5 Å². The molecule has 2 aromatic heterocycles. The van der Waals surface area contributed by atoms with E-state index in [4.69, 9.17) is 5.21 Å². The van der Waals surface area contributed by atoms with Gasteiger partial charge in [-0.05, 0) is 17.7 Å². The van der Waals surface area contributed by atoms with E-state index >= 15 is 0 Å². The first-order chi connectivity index (χ1) is 13.6. The van der Waals surface area contributed by atoms with E-state index in [0.29, 0.717) is 11.4 Å². The van der Waals surface area contributed by atoms with Gasteiger partial charge in [-0.25, -0.2) is 15.4 Å². The Morgan fingerprint density at radius 2 is 1.93 bits per heavy atom. The molecule has 0 atom stereocenters. The predicted octanol–water partition coefficient (Wildman–Crippen LogP) is 1.41. The van der Waals surface area contributed by atoms with Crippen LogP contribution in [0.4, 0.5) is 5.95 Å². The number of hydrogen-bond donors (Lipinski definition) is 2. The zero-order chi connectivity index (χ0) is 19.3. The second kappa shape index (κ2) is 6.29. The van der Waals surface area contributed by atoms with Crippen LogP contribution < -0.4 is 10.4 Å². The van der Waals surface area contributed by atoms with Crippen LogP contribution in [0.25, 0.3) is 10.9 Å². The normalized spacial score (nSPS) is 18.1. The third-order valence-corrected chi connectivity index (χ3v) is 5.87. The summed E-state index contributed by atoms with van der Waals surface area (Å²) >= 11 is 0. The van der Waals surface area contributed by atoms with E-state index in [9.17, 15) is 4.79 Å². The molecule has 2 fully saturated rings. The molecule has 4 heterocycles. The molecule has 3 aromatic rings. The van der Waals surface area contributed by atoms with Crippen LogP contribution in [0.3, 0.4) is 0 Å². The summed E-state index contributed by atoms with van der Waals surface area (Å²) in [6.07, 6.45) is 4.99. The molecule has 8 heteroatoms. The lowest BCUT2D eigenvalue weighted by Gasteiger charge is -2.60. The van der Waals surface area contributed by atoms with Gasteiger partial charge in [-0.15, -0.1) is 0 Å². The minimum absolute atomic E-state index is 0.242. The Labute approximate surface area is 162 Å². The molecular weight excluding hydrogens is 356 g/mol. The number of carbonyl (C=O) groups excluding carboxylic acids is 1. The lowest BCUT2D eigenvalue weighted by molar-refractivity contribution is -0.0278. The van der Waals surface area contributed by atoms with Gasteiger partial charge in [0.25, 0.3) is 5.91 Å². The number of aromatic nitrogens is 3. The molecule has 144 valence electrons. The predicted molar refractivity (Wildman–Crippen MR) is 104 cm³/mol. The van der Waals surface area contributed by atoms with Crippen molar-refractivity contribution in [2.45, 2.75) is 6.54 Å². The molecule has 28 heavy (non-hydrogen) atoms. The van der Waals surface area contributed by atoms with Gasteiger partial charge in [-0.3, -0.25) is 14.9 Å². The molecule has 1 aromatic carbocycles. The van der Waals surface area contributed by atoms with Gasteiger partial charge in [0.1, 0.15) is 0 Å². The molecule has 2 aliphatic rings. The van der Waals surface area contributed by atoms with E-state index in [1.54, 1.807) is 5.48 Å². The maximum Gasteiger partial charge on any atom is 0.277 e. The number of aryl methyl sites for hydroxylation is 1. The van der Waals surface area contributed by atoms with Crippen LogP contribution in [-0.2, 0) is 13.6 Å². The molecule has 2 saturated heterocycles. The lowest BCUT2D eigenvalue weighted by Crippen LogP contribution is -2.72. The molecule has 0 radical (unpaired) electrons. The first-order valence-electron chi connectivity index (χ1n) is 9.34. The number of hydroxylamine groups is 1. The molecular formula is C20H22N6O2. The Kier molecular flexibility index (Phi) is 3.85. The Balaban J connectivity index is 1.18. The molecule has 8 nitrogen and oxygen atoms in total. The van der Waals surface area contributed by atoms with Gasteiger partial charge in [-0.2, -0.15) is 0 Å². The number of hydrogen-bond acceptors (Lipinski definition) is 6. The average Bonchev–Trinajstić information content (AvgIpc) is 3.04. The quantitative estimate of drug-likeness (QED) is 0.527. The fraction of sp³-hybridized carbons (Fsp3) is 0.350. The second-order valence-corrected chi connectivity index (χ2v) is 7.99. The van der Waals surface area contributed by atoms with Crippen molar-refractivity contribution >= 4 is 22.8 Å². The number of likely N-dealkylation sites (tertiary alicyclic amines) is 1. The third-order valence-electron chi connectivity index (χ3n) is 5.87. The van der Waals surface area contributed by atoms with Crippen LogP contribution in [0.2, 0.25) is 0 Å². The highest BCUT2D eigenvalue weighted by Gasteiger charge is 2.52. The fourth-order valence-electron chi connectivity index (χ4n) is 4.53. The number of benzene rings is 1. The van der Waals surface area contributed by atoms with Crippen molar-refractivity contribution in [3.05, 3.63) is 54.0 Å². The topological polar surface area (TPSA) is 86.5 Å².